The number of aromatic nitrogens is 2. The van der Waals surface area contributed by atoms with Gasteiger partial charge in [-0.25, -0.2) is 9.97 Å². The van der Waals surface area contributed by atoms with E-state index in [9.17, 15) is 14.7 Å². The van der Waals surface area contributed by atoms with Crippen molar-refractivity contribution in [3.05, 3.63) is 17.5 Å². The van der Waals surface area contributed by atoms with Gasteiger partial charge in [0, 0.05) is 53.4 Å². The standard InChI is InChI=1S/C19H29N5O3/c1-13-16(10-20-18(21-13)22(3)4)17(27)23-7-5-19(6-8-23)9-15(26)11-24(12-19)14(2)25/h10,15,26H,5-9,11-12H2,1-4H3. The van der Waals surface area contributed by atoms with E-state index in [0.717, 1.165) is 12.8 Å². The van der Waals surface area contributed by atoms with Gasteiger partial charge in [0.25, 0.3) is 5.91 Å². The van der Waals surface area contributed by atoms with E-state index in [1.165, 1.54) is 0 Å². The maximum atomic E-state index is 12.9. The van der Waals surface area contributed by atoms with Crippen molar-refractivity contribution in [3.63, 3.8) is 0 Å². The molecular weight excluding hydrogens is 346 g/mol. The monoisotopic (exact) mass is 375 g/mol. The average Bonchev–Trinajstić information content (AvgIpc) is 2.61. The molecule has 1 spiro atoms. The molecule has 8 nitrogen and oxygen atoms in total. The molecule has 2 amide bonds. The zero-order chi connectivity index (χ0) is 19.8. The number of β-amino-alcohol motifs (C(OH)–C–C–N with tert-alkyl or cyclic N) is 1. The van der Waals surface area contributed by atoms with E-state index in [1.54, 1.807) is 22.9 Å². The number of likely N-dealkylation sites (tertiary alicyclic amines) is 2. The summed E-state index contributed by atoms with van der Waals surface area (Å²) >= 11 is 0. The number of carbonyl (C=O) groups is 2. The lowest BCUT2D eigenvalue weighted by Gasteiger charge is -2.49. The van der Waals surface area contributed by atoms with Crippen molar-refractivity contribution >= 4 is 17.8 Å². The Balaban J connectivity index is 1.68. The number of aliphatic hydroxyl groups excluding tert-OH is 1. The summed E-state index contributed by atoms with van der Waals surface area (Å²) in [4.78, 5) is 38.8. The maximum Gasteiger partial charge on any atom is 0.257 e. The summed E-state index contributed by atoms with van der Waals surface area (Å²) < 4.78 is 0. The SMILES string of the molecule is CC(=O)N1CC(O)CC2(CCN(C(=O)c3cnc(N(C)C)nc3C)CC2)C1. The number of carbonyl (C=O) groups excluding carboxylic acids is 2. The zero-order valence-electron chi connectivity index (χ0n) is 16.6. The Morgan fingerprint density at radius 2 is 1.93 bits per heavy atom. The van der Waals surface area contributed by atoms with E-state index in [0.29, 0.717) is 49.8 Å². The van der Waals surface area contributed by atoms with Crippen LogP contribution < -0.4 is 4.90 Å². The number of amides is 2. The molecule has 1 N–H and O–H groups in total. The van der Waals surface area contributed by atoms with Gasteiger partial charge in [-0.3, -0.25) is 9.59 Å². The predicted molar refractivity (Wildman–Crippen MR) is 102 cm³/mol. The first kappa shape index (κ1) is 19.5. The van der Waals surface area contributed by atoms with Gasteiger partial charge < -0.3 is 19.8 Å². The number of hydrogen-bond donors (Lipinski definition) is 1. The van der Waals surface area contributed by atoms with Crippen molar-refractivity contribution in [2.75, 3.05) is 45.2 Å². The van der Waals surface area contributed by atoms with Crippen LogP contribution >= 0.6 is 0 Å². The van der Waals surface area contributed by atoms with Gasteiger partial charge in [0.15, 0.2) is 0 Å². The summed E-state index contributed by atoms with van der Waals surface area (Å²) in [5.41, 5.74) is 1.11. The zero-order valence-corrected chi connectivity index (χ0v) is 16.6. The topological polar surface area (TPSA) is 89.9 Å². The van der Waals surface area contributed by atoms with Crippen molar-refractivity contribution in [1.29, 1.82) is 0 Å². The van der Waals surface area contributed by atoms with Crippen LogP contribution in [0, 0.1) is 12.3 Å². The lowest BCUT2D eigenvalue weighted by Crippen LogP contribution is -2.55. The summed E-state index contributed by atoms with van der Waals surface area (Å²) in [7, 11) is 3.73. The Morgan fingerprint density at radius 1 is 1.26 bits per heavy atom. The predicted octanol–water partition coefficient (Wildman–Crippen LogP) is 0.687. The minimum atomic E-state index is -0.487. The number of anilines is 1. The minimum Gasteiger partial charge on any atom is -0.391 e. The number of hydrogen-bond acceptors (Lipinski definition) is 6. The van der Waals surface area contributed by atoms with Gasteiger partial charge in [-0.1, -0.05) is 0 Å². The molecule has 0 saturated carbocycles. The number of nitrogens with zero attached hydrogens (tertiary/aromatic N) is 5. The molecule has 27 heavy (non-hydrogen) atoms. The normalized spacial score (nSPS) is 22.0. The molecule has 1 aromatic rings. The Hall–Kier alpha value is -2.22. The van der Waals surface area contributed by atoms with E-state index in [2.05, 4.69) is 9.97 Å². The highest BCUT2D eigenvalue weighted by Crippen LogP contribution is 2.40. The number of rotatable bonds is 2. The molecular formula is C19H29N5O3. The second kappa shape index (κ2) is 7.42. The molecule has 2 saturated heterocycles. The van der Waals surface area contributed by atoms with E-state index in [-0.39, 0.29) is 17.2 Å². The van der Waals surface area contributed by atoms with Gasteiger partial charge in [0.2, 0.25) is 11.9 Å². The fourth-order valence-electron chi connectivity index (χ4n) is 4.19. The van der Waals surface area contributed by atoms with Crippen molar-refractivity contribution in [2.24, 2.45) is 5.41 Å². The molecule has 1 aromatic heterocycles. The molecule has 0 bridgehead atoms. The van der Waals surface area contributed by atoms with Gasteiger partial charge in [0.1, 0.15) is 0 Å². The fourth-order valence-corrected chi connectivity index (χ4v) is 4.19. The highest BCUT2D eigenvalue weighted by atomic mass is 16.3. The van der Waals surface area contributed by atoms with Crippen molar-refractivity contribution < 1.29 is 14.7 Å². The number of aliphatic hydroxyl groups is 1. The lowest BCUT2D eigenvalue weighted by atomic mass is 9.71. The summed E-state index contributed by atoms with van der Waals surface area (Å²) in [6.07, 6.45) is 3.38. The van der Waals surface area contributed by atoms with Gasteiger partial charge in [-0.05, 0) is 31.6 Å². The van der Waals surface area contributed by atoms with Crippen LogP contribution in [-0.2, 0) is 4.79 Å². The minimum absolute atomic E-state index is 0.000358. The largest absolute Gasteiger partial charge is 0.391 e. The molecule has 3 heterocycles. The van der Waals surface area contributed by atoms with Crippen LogP contribution in [-0.4, -0.2) is 83.1 Å². The fraction of sp³-hybridized carbons (Fsp3) is 0.684. The molecule has 0 radical (unpaired) electrons. The van der Waals surface area contributed by atoms with Crippen LogP contribution in [0.1, 0.15) is 42.2 Å². The first-order valence-electron chi connectivity index (χ1n) is 9.45. The van der Waals surface area contributed by atoms with Crippen LogP contribution in [0.3, 0.4) is 0 Å². The highest BCUT2D eigenvalue weighted by Gasteiger charge is 2.43. The van der Waals surface area contributed by atoms with Crippen molar-refractivity contribution in [3.8, 4) is 0 Å². The second-order valence-corrected chi connectivity index (χ2v) is 8.11. The molecule has 0 aromatic carbocycles. The summed E-state index contributed by atoms with van der Waals surface area (Å²) in [6.45, 7) is 5.69. The van der Waals surface area contributed by atoms with Crippen LogP contribution in [0.15, 0.2) is 6.20 Å². The number of piperidine rings is 2. The molecule has 0 aliphatic carbocycles. The lowest BCUT2D eigenvalue weighted by molar-refractivity contribution is -0.137. The van der Waals surface area contributed by atoms with Crippen LogP contribution in [0.4, 0.5) is 5.95 Å². The average molecular weight is 375 g/mol. The highest BCUT2D eigenvalue weighted by molar-refractivity contribution is 5.95. The van der Waals surface area contributed by atoms with E-state index < -0.39 is 6.10 Å². The van der Waals surface area contributed by atoms with Crippen LogP contribution in [0.2, 0.25) is 0 Å². The van der Waals surface area contributed by atoms with Crippen LogP contribution in [0.5, 0.6) is 0 Å². The number of aryl methyl sites for hydroxylation is 1. The van der Waals surface area contributed by atoms with Gasteiger partial charge >= 0.3 is 0 Å². The molecule has 1 atom stereocenters. The summed E-state index contributed by atoms with van der Waals surface area (Å²) in [5, 5.41) is 10.2. The first-order chi connectivity index (χ1) is 12.7. The molecule has 2 aliphatic rings. The van der Waals surface area contributed by atoms with Gasteiger partial charge in [0.05, 0.1) is 17.4 Å². The van der Waals surface area contributed by atoms with Crippen LogP contribution in [0.25, 0.3) is 0 Å². The van der Waals surface area contributed by atoms with E-state index >= 15 is 0 Å². The van der Waals surface area contributed by atoms with E-state index in [4.69, 9.17) is 0 Å². The van der Waals surface area contributed by atoms with Gasteiger partial charge in [-0.15, -0.1) is 0 Å². The van der Waals surface area contributed by atoms with E-state index in [1.807, 2.05) is 25.9 Å². The Kier molecular flexibility index (Phi) is 5.37. The molecule has 8 heteroatoms. The Bertz CT molecular complexity index is 728. The third-order valence-corrected chi connectivity index (χ3v) is 5.78. The quantitative estimate of drug-likeness (QED) is 0.818. The van der Waals surface area contributed by atoms with Gasteiger partial charge in [-0.2, -0.15) is 0 Å². The second-order valence-electron chi connectivity index (χ2n) is 8.11. The summed E-state index contributed by atoms with van der Waals surface area (Å²) in [5.74, 6) is 0.537. The first-order valence-corrected chi connectivity index (χ1v) is 9.45. The third kappa shape index (κ3) is 4.05. The Labute approximate surface area is 160 Å². The third-order valence-electron chi connectivity index (χ3n) is 5.78. The Morgan fingerprint density at radius 3 is 2.48 bits per heavy atom. The molecule has 2 fully saturated rings. The van der Waals surface area contributed by atoms with Crippen molar-refractivity contribution in [2.45, 2.75) is 39.2 Å². The smallest absolute Gasteiger partial charge is 0.257 e. The summed E-state index contributed by atoms with van der Waals surface area (Å²) in [6, 6.07) is 0. The molecule has 3 rings (SSSR count). The molecule has 1 unspecified atom stereocenters. The maximum absolute atomic E-state index is 12.9. The molecule has 148 valence electrons. The molecule has 2 aliphatic heterocycles. The van der Waals surface area contributed by atoms with Crippen molar-refractivity contribution in [1.82, 2.24) is 19.8 Å².